The third-order valence-electron chi connectivity index (χ3n) is 2.43. The van der Waals surface area contributed by atoms with Crippen LogP contribution in [0.15, 0.2) is 0 Å². The summed E-state index contributed by atoms with van der Waals surface area (Å²) in [6.45, 7) is 5.92. The van der Waals surface area contributed by atoms with E-state index in [0.717, 1.165) is 6.42 Å². The average molecular weight is 182 g/mol. The van der Waals surface area contributed by atoms with E-state index in [1.807, 2.05) is 20.8 Å². The van der Waals surface area contributed by atoms with Crippen LogP contribution in [0.25, 0.3) is 0 Å². The molecule has 0 aromatic heterocycles. The fourth-order valence-corrected chi connectivity index (χ4v) is 1.75. The molecule has 13 heavy (non-hydrogen) atoms. The van der Waals surface area contributed by atoms with E-state index in [4.69, 9.17) is 11.0 Å². The minimum atomic E-state index is -0.280. The van der Waals surface area contributed by atoms with Crippen molar-refractivity contribution in [1.82, 2.24) is 0 Å². The molecule has 1 amide bonds. The number of amides is 1. The molecule has 0 spiro atoms. The molecule has 2 N–H and O–H groups in total. The van der Waals surface area contributed by atoms with Crippen LogP contribution in [0.5, 0.6) is 0 Å². The van der Waals surface area contributed by atoms with Gasteiger partial charge in [-0.1, -0.05) is 27.2 Å². The SMILES string of the molecule is CC[C@H](CC#N)C(C(N)=O)C(C)C. The van der Waals surface area contributed by atoms with Crippen LogP contribution < -0.4 is 5.73 Å². The molecule has 0 heterocycles. The Morgan fingerprint density at radius 3 is 2.31 bits per heavy atom. The fraction of sp³-hybridized carbons (Fsp3) is 0.800. The molecule has 3 heteroatoms. The maximum atomic E-state index is 11.1. The average Bonchev–Trinajstić information content (AvgIpc) is 2.02. The maximum absolute atomic E-state index is 11.1. The van der Waals surface area contributed by atoms with Gasteiger partial charge >= 0.3 is 0 Å². The normalized spacial score (nSPS) is 15.0. The van der Waals surface area contributed by atoms with Crippen molar-refractivity contribution in [2.45, 2.75) is 33.6 Å². The highest BCUT2D eigenvalue weighted by molar-refractivity contribution is 5.77. The second-order valence-corrected chi connectivity index (χ2v) is 3.70. The lowest BCUT2D eigenvalue weighted by molar-refractivity contribution is -0.125. The quantitative estimate of drug-likeness (QED) is 0.703. The Labute approximate surface area is 79.9 Å². The molecule has 0 bridgehead atoms. The molecule has 0 radical (unpaired) electrons. The maximum Gasteiger partial charge on any atom is 0.221 e. The Balaban J connectivity index is 4.50. The van der Waals surface area contributed by atoms with Gasteiger partial charge in [0.15, 0.2) is 0 Å². The first-order valence-electron chi connectivity index (χ1n) is 4.70. The Morgan fingerprint density at radius 1 is 1.54 bits per heavy atom. The lowest BCUT2D eigenvalue weighted by Crippen LogP contribution is -2.33. The van der Waals surface area contributed by atoms with E-state index in [2.05, 4.69) is 6.07 Å². The van der Waals surface area contributed by atoms with Gasteiger partial charge in [-0.15, -0.1) is 0 Å². The van der Waals surface area contributed by atoms with Crippen LogP contribution >= 0.6 is 0 Å². The monoisotopic (exact) mass is 182 g/mol. The van der Waals surface area contributed by atoms with Gasteiger partial charge in [-0.3, -0.25) is 4.79 Å². The van der Waals surface area contributed by atoms with Gasteiger partial charge in [0.1, 0.15) is 0 Å². The van der Waals surface area contributed by atoms with Crippen molar-refractivity contribution in [3.63, 3.8) is 0 Å². The predicted molar refractivity (Wildman–Crippen MR) is 51.5 cm³/mol. The zero-order valence-corrected chi connectivity index (χ0v) is 8.58. The molecule has 2 atom stereocenters. The van der Waals surface area contributed by atoms with Gasteiger partial charge in [0.25, 0.3) is 0 Å². The van der Waals surface area contributed by atoms with Crippen LogP contribution in [0.4, 0.5) is 0 Å². The van der Waals surface area contributed by atoms with Gasteiger partial charge in [0.05, 0.1) is 6.07 Å². The summed E-state index contributed by atoms with van der Waals surface area (Å²) in [7, 11) is 0. The van der Waals surface area contributed by atoms with Gasteiger partial charge in [-0.05, 0) is 11.8 Å². The van der Waals surface area contributed by atoms with E-state index in [1.165, 1.54) is 0 Å². The van der Waals surface area contributed by atoms with Crippen molar-refractivity contribution >= 4 is 5.91 Å². The largest absolute Gasteiger partial charge is 0.369 e. The summed E-state index contributed by atoms with van der Waals surface area (Å²) in [5.74, 6) is -0.111. The Bertz CT molecular complexity index is 205. The molecular weight excluding hydrogens is 164 g/mol. The number of carbonyl (C=O) groups is 1. The van der Waals surface area contributed by atoms with Gasteiger partial charge in [0, 0.05) is 12.3 Å². The first-order chi connectivity index (χ1) is 6.04. The summed E-state index contributed by atoms with van der Waals surface area (Å²) >= 11 is 0. The van der Waals surface area contributed by atoms with Crippen LogP contribution in [-0.4, -0.2) is 5.91 Å². The first kappa shape index (κ1) is 12.0. The third-order valence-corrected chi connectivity index (χ3v) is 2.43. The number of nitriles is 1. The molecule has 0 aromatic carbocycles. The number of rotatable bonds is 5. The molecule has 1 unspecified atom stereocenters. The summed E-state index contributed by atoms with van der Waals surface area (Å²) in [6.07, 6.45) is 1.25. The van der Waals surface area contributed by atoms with Crippen LogP contribution in [0.1, 0.15) is 33.6 Å². The zero-order chi connectivity index (χ0) is 10.4. The molecule has 3 nitrogen and oxygen atoms in total. The highest BCUT2D eigenvalue weighted by atomic mass is 16.1. The van der Waals surface area contributed by atoms with Gasteiger partial charge in [0.2, 0.25) is 5.91 Å². The molecule has 74 valence electrons. The smallest absolute Gasteiger partial charge is 0.221 e. The number of nitrogens with two attached hydrogens (primary N) is 1. The number of nitrogens with zero attached hydrogens (tertiary/aromatic N) is 1. The minimum Gasteiger partial charge on any atom is -0.369 e. The van der Waals surface area contributed by atoms with Crippen LogP contribution in [-0.2, 0) is 4.79 Å². The Morgan fingerprint density at radius 2 is 2.08 bits per heavy atom. The highest BCUT2D eigenvalue weighted by Gasteiger charge is 2.27. The zero-order valence-electron chi connectivity index (χ0n) is 8.58. The molecule has 0 fully saturated rings. The van der Waals surface area contributed by atoms with Crippen molar-refractivity contribution in [3.8, 4) is 6.07 Å². The van der Waals surface area contributed by atoms with Gasteiger partial charge in [-0.2, -0.15) is 5.26 Å². The Kier molecular flexibility index (Phi) is 5.13. The Hall–Kier alpha value is -1.04. The van der Waals surface area contributed by atoms with E-state index in [1.54, 1.807) is 0 Å². The molecule has 0 aromatic rings. The topological polar surface area (TPSA) is 66.9 Å². The van der Waals surface area contributed by atoms with E-state index < -0.39 is 0 Å². The fourth-order valence-electron chi connectivity index (χ4n) is 1.75. The molecule has 0 saturated heterocycles. The van der Waals surface area contributed by atoms with Crippen molar-refractivity contribution in [2.24, 2.45) is 23.5 Å². The molecule has 0 aliphatic heterocycles. The summed E-state index contributed by atoms with van der Waals surface area (Å²) in [4.78, 5) is 11.1. The summed E-state index contributed by atoms with van der Waals surface area (Å²) in [5.41, 5.74) is 5.30. The number of hydrogen-bond donors (Lipinski definition) is 1. The first-order valence-corrected chi connectivity index (χ1v) is 4.70. The van der Waals surface area contributed by atoms with E-state index >= 15 is 0 Å². The number of hydrogen-bond acceptors (Lipinski definition) is 2. The van der Waals surface area contributed by atoms with Gasteiger partial charge in [-0.25, -0.2) is 0 Å². The second kappa shape index (κ2) is 5.58. The molecular formula is C10H18N2O. The lowest BCUT2D eigenvalue weighted by Gasteiger charge is -2.24. The van der Waals surface area contributed by atoms with Crippen LogP contribution in [0.3, 0.4) is 0 Å². The third kappa shape index (κ3) is 3.45. The second-order valence-electron chi connectivity index (χ2n) is 3.70. The number of primary amides is 1. The van der Waals surface area contributed by atoms with E-state index in [-0.39, 0.29) is 23.7 Å². The number of carbonyl (C=O) groups excluding carboxylic acids is 1. The van der Waals surface area contributed by atoms with Crippen molar-refractivity contribution in [1.29, 1.82) is 5.26 Å². The summed E-state index contributed by atoms with van der Waals surface area (Å²) < 4.78 is 0. The van der Waals surface area contributed by atoms with Crippen molar-refractivity contribution in [2.75, 3.05) is 0 Å². The molecule has 0 saturated carbocycles. The standard InChI is InChI=1S/C10H18N2O/c1-4-8(5-6-11)9(7(2)3)10(12)13/h7-9H,4-5H2,1-3H3,(H2,12,13)/t8-,9?/m1/s1. The highest BCUT2D eigenvalue weighted by Crippen LogP contribution is 2.25. The summed E-state index contributed by atoms with van der Waals surface area (Å²) in [6, 6.07) is 2.10. The van der Waals surface area contributed by atoms with E-state index in [0.29, 0.717) is 6.42 Å². The van der Waals surface area contributed by atoms with E-state index in [9.17, 15) is 4.79 Å². The van der Waals surface area contributed by atoms with Crippen molar-refractivity contribution in [3.05, 3.63) is 0 Å². The molecule has 0 aliphatic rings. The molecule has 0 aliphatic carbocycles. The van der Waals surface area contributed by atoms with Crippen LogP contribution in [0, 0.1) is 29.1 Å². The minimum absolute atomic E-state index is 0.113. The summed E-state index contributed by atoms with van der Waals surface area (Å²) in [5, 5.41) is 8.58. The molecule has 0 rings (SSSR count). The predicted octanol–water partition coefficient (Wildman–Crippen LogP) is 1.68. The van der Waals surface area contributed by atoms with Gasteiger partial charge < -0.3 is 5.73 Å². The lowest BCUT2D eigenvalue weighted by atomic mass is 9.80. The van der Waals surface area contributed by atoms with Crippen LogP contribution in [0.2, 0.25) is 0 Å². The van der Waals surface area contributed by atoms with Crippen molar-refractivity contribution < 1.29 is 4.79 Å².